The molecule has 2 aromatic rings. The number of methoxy groups -OCH3 is 1. The standard InChI is InChI=1S/C21H28N6O5/c1-25(21(30)31-2)14-16-3-5-17(6-4-16)23-19(28)20(29)24-18-13-22-27(15-18)8-7-26-9-11-32-12-10-26/h3-6,13,15H,7-12,14H2,1-2H3,(H,23,28)(H,24,29). The molecule has 2 heterocycles. The zero-order valence-corrected chi connectivity index (χ0v) is 18.2. The van der Waals surface area contributed by atoms with Crippen LogP contribution >= 0.6 is 0 Å². The molecule has 0 unspecified atom stereocenters. The summed E-state index contributed by atoms with van der Waals surface area (Å²) in [5.41, 5.74) is 1.77. The molecule has 11 nitrogen and oxygen atoms in total. The minimum atomic E-state index is -0.787. The molecule has 1 aromatic carbocycles. The van der Waals surface area contributed by atoms with E-state index in [0.29, 0.717) is 24.5 Å². The van der Waals surface area contributed by atoms with E-state index in [1.54, 1.807) is 42.2 Å². The fourth-order valence-corrected chi connectivity index (χ4v) is 3.18. The van der Waals surface area contributed by atoms with E-state index in [-0.39, 0.29) is 0 Å². The van der Waals surface area contributed by atoms with Crippen LogP contribution in [0.5, 0.6) is 0 Å². The van der Waals surface area contributed by atoms with Gasteiger partial charge in [-0.1, -0.05) is 12.1 Å². The van der Waals surface area contributed by atoms with E-state index in [1.165, 1.54) is 18.2 Å². The van der Waals surface area contributed by atoms with Gasteiger partial charge in [-0.25, -0.2) is 4.79 Å². The average Bonchev–Trinajstić information content (AvgIpc) is 3.26. The number of nitrogens with zero attached hydrogens (tertiary/aromatic N) is 4. The maximum absolute atomic E-state index is 12.2. The number of rotatable bonds is 7. The minimum absolute atomic E-state index is 0.358. The first-order valence-corrected chi connectivity index (χ1v) is 10.3. The summed E-state index contributed by atoms with van der Waals surface area (Å²) < 4.78 is 11.7. The van der Waals surface area contributed by atoms with Gasteiger partial charge in [0.05, 0.1) is 38.8 Å². The first-order chi connectivity index (χ1) is 15.4. The van der Waals surface area contributed by atoms with Gasteiger partial charge in [0.25, 0.3) is 0 Å². The molecular formula is C21H28N6O5. The number of anilines is 2. The molecule has 1 aliphatic heterocycles. The van der Waals surface area contributed by atoms with Crippen LogP contribution in [0.4, 0.5) is 16.2 Å². The highest BCUT2D eigenvalue weighted by Gasteiger charge is 2.16. The van der Waals surface area contributed by atoms with Gasteiger partial charge >= 0.3 is 17.9 Å². The van der Waals surface area contributed by atoms with Crippen molar-refractivity contribution in [3.8, 4) is 0 Å². The monoisotopic (exact) mass is 444 g/mol. The molecule has 0 saturated carbocycles. The van der Waals surface area contributed by atoms with Crippen LogP contribution in [0.15, 0.2) is 36.7 Å². The Kier molecular flexibility index (Phi) is 8.17. The predicted octanol–water partition coefficient (Wildman–Crippen LogP) is 0.991. The third-order valence-corrected chi connectivity index (χ3v) is 4.96. The Morgan fingerprint density at radius 1 is 1.06 bits per heavy atom. The molecule has 0 bridgehead atoms. The van der Waals surface area contributed by atoms with Crippen LogP contribution in [0.25, 0.3) is 0 Å². The number of hydrogen-bond acceptors (Lipinski definition) is 7. The lowest BCUT2D eigenvalue weighted by atomic mass is 10.2. The third-order valence-electron chi connectivity index (χ3n) is 4.96. The van der Waals surface area contributed by atoms with Gasteiger partial charge in [-0.15, -0.1) is 0 Å². The molecule has 0 radical (unpaired) electrons. The molecule has 0 spiro atoms. The van der Waals surface area contributed by atoms with Crippen molar-refractivity contribution in [1.29, 1.82) is 0 Å². The van der Waals surface area contributed by atoms with Crippen molar-refractivity contribution in [2.75, 3.05) is 57.6 Å². The van der Waals surface area contributed by atoms with Gasteiger partial charge in [0.15, 0.2) is 0 Å². The first-order valence-electron chi connectivity index (χ1n) is 10.3. The number of carbonyl (C=O) groups is 3. The van der Waals surface area contributed by atoms with Crippen molar-refractivity contribution in [2.24, 2.45) is 0 Å². The van der Waals surface area contributed by atoms with Crippen LogP contribution in [0.2, 0.25) is 0 Å². The summed E-state index contributed by atoms with van der Waals surface area (Å²) in [7, 11) is 2.94. The van der Waals surface area contributed by atoms with E-state index in [1.807, 2.05) is 0 Å². The quantitative estimate of drug-likeness (QED) is 0.612. The van der Waals surface area contributed by atoms with E-state index in [4.69, 9.17) is 4.74 Å². The average molecular weight is 444 g/mol. The Morgan fingerprint density at radius 2 is 1.72 bits per heavy atom. The van der Waals surface area contributed by atoms with Crippen molar-refractivity contribution in [3.05, 3.63) is 42.2 Å². The summed E-state index contributed by atoms with van der Waals surface area (Å²) in [6, 6.07) is 6.83. The lowest BCUT2D eigenvalue weighted by Crippen LogP contribution is -2.38. The summed E-state index contributed by atoms with van der Waals surface area (Å²) in [5, 5.41) is 9.32. The van der Waals surface area contributed by atoms with Crippen LogP contribution in [0, 0.1) is 0 Å². The molecular weight excluding hydrogens is 416 g/mol. The van der Waals surface area contributed by atoms with E-state index < -0.39 is 17.9 Å². The Hall–Kier alpha value is -3.44. The molecule has 1 aromatic heterocycles. The Labute approximate surface area is 186 Å². The van der Waals surface area contributed by atoms with Gasteiger partial charge in [-0.05, 0) is 17.7 Å². The number of benzene rings is 1. The number of nitrogens with one attached hydrogen (secondary N) is 2. The summed E-state index contributed by atoms with van der Waals surface area (Å²) in [5.74, 6) is -1.57. The van der Waals surface area contributed by atoms with Crippen LogP contribution in [-0.2, 0) is 32.2 Å². The Balaban J connectivity index is 1.45. The highest BCUT2D eigenvalue weighted by molar-refractivity contribution is 6.43. The first kappa shape index (κ1) is 23.2. The van der Waals surface area contributed by atoms with Gasteiger partial charge in [-0.3, -0.25) is 19.2 Å². The fourth-order valence-electron chi connectivity index (χ4n) is 3.18. The lowest BCUT2D eigenvalue weighted by molar-refractivity contribution is -0.132. The van der Waals surface area contributed by atoms with Crippen molar-refractivity contribution < 1.29 is 23.9 Å². The summed E-state index contributed by atoms with van der Waals surface area (Å²) in [6.07, 6.45) is 2.76. The second-order valence-electron chi connectivity index (χ2n) is 7.38. The van der Waals surface area contributed by atoms with E-state index in [0.717, 1.165) is 38.4 Å². The topological polar surface area (TPSA) is 118 Å². The number of aromatic nitrogens is 2. The van der Waals surface area contributed by atoms with Crippen molar-refractivity contribution >= 4 is 29.3 Å². The van der Waals surface area contributed by atoms with Crippen molar-refractivity contribution in [3.63, 3.8) is 0 Å². The molecule has 11 heteroatoms. The predicted molar refractivity (Wildman–Crippen MR) is 117 cm³/mol. The molecule has 3 rings (SSSR count). The molecule has 1 aliphatic rings. The molecule has 0 atom stereocenters. The number of ether oxygens (including phenoxy) is 2. The molecule has 1 fully saturated rings. The second-order valence-corrected chi connectivity index (χ2v) is 7.38. The third kappa shape index (κ3) is 6.79. The van der Waals surface area contributed by atoms with Gasteiger partial charge in [0.1, 0.15) is 0 Å². The van der Waals surface area contributed by atoms with Gasteiger partial charge in [0, 0.05) is 45.1 Å². The summed E-state index contributed by atoms with van der Waals surface area (Å²) in [6.45, 7) is 5.15. The van der Waals surface area contributed by atoms with E-state index in [9.17, 15) is 14.4 Å². The van der Waals surface area contributed by atoms with Crippen LogP contribution in [0.1, 0.15) is 5.56 Å². The normalized spacial score (nSPS) is 13.9. The maximum atomic E-state index is 12.2. The highest BCUT2D eigenvalue weighted by atomic mass is 16.5. The van der Waals surface area contributed by atoms with Gasteiger partial charge in [0.2, 0.25) is 0 Å². The van der Waals surface area contributed by atoms with Crippen LogP contribution in [-0.4, -0.2) is 84.5 Å². The van der Waals surface area contributed by atoms with E-state index >= 15 is 0 Å². The number of morpholine rings is 1. The zero-order chi connectivity index (χ0) is 22.9. The molecule has 32 heavy (non-hydrogen) atoms. The van der Waals surface area contributed by atoms with Crippen molar-refractivity contribution in [2.45, 2.75) is 13.1 Å². The summed E-state index contributed by atoms with van der Waals surface area (Å²) >= 11 is 0. The van der Waals surface area contributed by atoms with Crippen LogP contribution < -0.4 is 10.6 Å². The minimum Gasteiger partial charge on any atom is -0.453 e. The number of carbonyl (C=O) groups excluding carboxylic acids is 3. The zero-order valence-electron chi connectivity index (χ0n) is 18.2. The molecule has 172 valence electrons. The highest BCUT2D eigenvalue weighted by Crippen LogP contribution is 2.12. The maximum Gasteiger partial charge on any atom is 0.409 e. The molecule has 0 aliphatic carbocycles. The fraction of sp³-hybridized carbons (Fsp3) is 0.429. The molecule has 2 N–H and O–H groups in total. The van der Waals surface area contributed by atoms with Crippen molar-refractivity contribution in [1.82, 2.24) is 19.6 Å². The second kappa shape index (κ2) is 11.3. The molecule has 3 amide bonds. The Bertz CT molecular complexity index is 923. The molecule has 1 saturated heterocycles. The van der Waals surface area contributed by atoms with Crippen LogP contribution in [0.3, 0.4) is 0 Å². The van der Waals surface area contributed by atoms with Gasteiger partial charge in [-0.2, -0.15) is 5.10 Å². The van der Waals surface area contributed by atoms with Gasteiger partial charge < -0.3 is 25.0 Å². The SMILES string of the molecule is COC(=O)N(C)Cc1ccc(NC(=O)C(=O)Nc2cnn(CCN3CCOCC3)c2)cc1. The lowest BCUT2D eigenvalue weighted by Gasteiger charge is -2.26. The van der Waals surface area contributed by atoms with E-state index in [2.05, 4.69) is 25.4 Å². The summed E-state index contributed by atoms with van der Waals surface area (Å²) in [4.78, 5) is 39.6. The number of hydrogen-bond donors (Lipinski definition) is 2. The largest absolute Gasteiger partial charge is 0.453 e. The smallest absolute Gasteiger partial charge is 0.409 e. The Morgan fingerprint density at radius 3 is 2.38 bits per heavy atom. The number of amides is 3.